The maximum Gasteiger partial charge on any atom is 0.340 e. The number of ether oxygens (including phenoxy) is 1. The quantitative estimate of drug-likeness (QED) is 0.819. The van der Waals surface area contributed by atoms with E-state index in [0.29, 0.717) is 17.9 Å². The number of hydrogen-bond acceptors (Lipinski definition) is 6. The van der Waals surface area contributed by atoms with Crippen LogP contribution in [0.15, 0.2) is 35.3 Å². The number of para-hydroxylation sites is 1. The Kier molecular flexibility index (Phi) is 5.58. The van der Waals surface area contributed by atoms with Crippen molar-refractivity contribution >= 4 is 23.3 Å². The third-order valence-corrected chi connectivity index (χ3v) is 4.91. The molecule has 1 fully saturated rings. The van der Waals surface area contributed by atoms with Crippen LogP contribution >= 0.6 is 11.6 Å². The molecule has 2 aromatic rings. The van der Waals surface area contributed by atoms with Crippen molar-refractivity contribution in [2.24, 2.45) is 5.92 Å². The smallest absolute Gasteiger partial charge is 0.340 e. The first-order valence-corrected chi connectivity index (χ1v) is 8.76. The second-order valence-electron chi connectivity index (χ2n) is 6.21. The molecule has 1 N–H and O–H groups in total. The number of methoxy groups -OCH3 is 1. The highest BCUT2D eigenvalue weighted by Gasteiger charge is 2.24. The molecule has 2 heterocycles. The molecule has 7 nitrogen and oxygen atoms in total. The van der Waals surface area contributed by atoms with Gasteiger partial charge in [0, 0.05) is 19.7 Å². The molecule has 1 aliphatic rings. The van der Waals surface area contributed by atoms with Gasteiger partial charge in [0.05, 0.1) is 30.2 Å². The summed E-state index contributed by atoms with van der Waals surface area (Å²) in [6, 6.07) is 6.56. The first kappa shape index (κ1) is 18.4. The Hall–Kier alpha value is -2.38. The summed E-state index contributed by atoms with van der Waals surface area (Å²) in [5.41, 5.74) is 0.574. The first-order chi connectivity index (χ1) is 12.6. The predicted molar refractivity (Wildman–Crippen MR) is 98.2 cm³/mol. The number of benzene rings is 1. The zero-order valence-corrected chi connectivity index (χ0v) is 15.1. The van der Waals surface area contributed by atoms with Crippen molar-refractivity contribution in [3.05, 3.63) is 51.4 Å². The second-order valence-corrected chi connectivity index (χ2v) is 6.58. The molecule has 1 aromatic heterocycles. The molecule has 0 saturated carbocycles. The van der Waals surface area contributed by atoms with Gasteiger partial charge >= 0.3 is 5.97 Å². The van der Waals surface area contributed by atoms with Gasteiger partial charge in [-0.15, -0.1) is 0 Å². The van der Waals surface area contributed by atoms with Crippen LogP contribution in [-0.4, -0.2) is 47.7 Å². The van der Waals surface area contributed by atoms with Gasteiger partial charge in [0.25, 0.3) is 5.56 Å². The van der Waals surface area contributed by atoms with E-state index >= 15 is 0 Å². The van der Waals surface area contributed by atoms with E-state index in [-0.39, 0.29) is 23.1 Å². The molecule has 1 aliphatic heterocycles. The van der Waals surface area contributed by atoms with E-state index in [4.69, 9.17) is 16.3 Å². The lowest BCUT2D eigenvalue weighted by molar-refractivity contribution is 0.0600. The summed E-state index contributed by atoms with van der Waals surface area (Å²) in [4.78, 5) is 26.7. The number of carbonyl (C=O) groups is 1. The molecule has 1 atom stereocenters. The minimum absolute atomic E-state index is 0.0401. The topological polar surface area (TPSA) is 84.7 Å². The number of rotatable bonds is 4. The molecule has 3 rings (SSSR count). The number of esters is 1. The molecule has 0 amide bonds. The monoisotopic (exact) mass is 377 g/mol. The highest BCUT2D eigenvalue weighted by Crippen LogP contribution is 2.27. The maximum atomic E-state index is 12.8. The van der Waals surface area contributed by atoms with Gasteiger partial charge < -0.3 is 14.7 Å². The summed E-state index contributed by atoms with van der Waals surface area (Å²) in [7, 11) is 1.28. The number of hydrogen-bond donors (Lipinski definition) is 1. The molecule has 0 aliphatic carbocycles. The van der Waals surface area contributed by atoms with Crippen LogP contribution in [0.1, 0.15) is 23.2 Å². The lowest BCUT2D eigenvalue weighted by atomic mass is 9.99. The highest BCUT2D eigenvalue weighted by molar-refractivity contribution is 6.33. The number of carbonyl (C=O) groups excluding carboxylic acids is 1. The Balaban J connectivity index is 2.02. The average molecular weight is 378 g/mol. The molecule has 1 saturated heterocycles. The molecular weight excluding hydrogens is 358 g/mol. The van der Waals surface area contributed by atoms with Crippen molar-refractivity contribution in [1.82, 2.24) is 9.78 Å². The summed E-state index contributed by atoms with van der Waals surface area (Å²) in [6.07, 6.45) is 3.38. The van der Waals surface area contributed by atoms with Crippen molar-refractivity contribution < 1.29 is 14.6 Å². The Bertz CT molecular complexity index is 868. The van der Waals surface area contributed by atoms with Crippen LogP contribution in [0.4, 0.5) is 5.69 Å². The summed E-state index contributed by atoms with van der Waals surface area (Å²) < 4.78 is 5.87. The zero-order valence-electron chi connectivity index (χ0n) is 14.4. The molecule has 0 unspecified atom stereocenters. The first-order valence-electron chi connectivity index (χ1n) is 8.38. The molecule has 1 aromatic carbocycles. The number of anilines is 1. The standard InChI is InChI=1S/C18H20ClN3O4/c1-26-18(25)13-6-2-3-7-14(13)22-17(24)16(19)15(9-20-22)21-8-4-5-12(10-21)11-23/h2-3,6-7,9,12,23H,4-5,8,10-11H2,1H3/t12-/m0/s1. The zero-order chi connectivity index (χ0) is 18.7. The van der Waals surface area contributed by atoms with E-state index in [1.54, 1.807) is 24.3 Å². The van der Waals surface area contributed by atoms with Crippen LogP contribution in [0.2, 0.25) is 5.02 Å². The Labute approximate surface area is 155 Å². The number of nitrogens with zero attached hydrogens (tertiary/aromatic N) is 3. The summed E-state index contributed by atoms with van der Waals surface area (Å²) in [5.74, 6) is -0.404. The SMILES string of the molecule is COC(=O)c1ccccc1-n1ncc(N2CCC[C@H](CO)C2)c(Cl)c1=O. The lowest BCUT2D eigenvalue weighted by Gasteiger charge is -2.33. The van der Waals surface area contributed by atoms with Crippen LogP contribution in [0, 0.1) is 5.92 Å². The maximum absolute atomic E-state index is 12.8. The van der Waals surface area contributed by atoms with Crippen LogP contribution < -0.4 is 10.5 Å². The van der Waals surface area contributed by atoms with Crippen molar-refractivity contribution in [2.45, 2.75) is 12.8 Å². The Morgan fingerprint density at radius 3 is 2.88 bits per heavy atom. The fourth-order valence-electron chi connectivity index (χ4n) is 3.19. The fraction of sp³-hybridized carbons (Fsp3) is 0.389. The fourth-order valence-corrected chi connectivity index (χ4v) is 3.44. The normalized spacial score (nSPS) is 17.2. The third-order valence-electron chi connectivity index (χ3n) is 4.56. The van der Waals surface area contributed by atoms with Gasteiger partial charge in [-0.05, 0) is 30.9 Å². The van der Waals surface area contributed by atoms with Crippen LogP contribution in [0.3, 0.4) is 0 Å². The van der Waals surface area contributed by atoms with E-state index in [1.807, 2.05) is 4.90 Å². The average Bonchev–Trinajstić information content (AvgIpc) is 2.69. The van der Waals surface area contributed by atoms with E-state index in [1.165, 1.54) is 13.3 Å². The molecular formula is C18H20ClN3O4. The number of aliphatic hydroxyl groups excluding tert-OH is 1. The predicted octanol–water partition coefficient (Wildman–Crippen LogP) is 1.88. The highest BCUT2D eigenvalue weighted by atomic mass is 35.5. The van der Waals surface area contributed by atoms with E-state index in [9.17, 15) is 14.7 Å². The number of aromatic nitrogens is 2. The largest absolute Gasteiger partial charge is 0.465 e. The van der Waals surface area contributed by atoms with E-state index in [0.717, 1.165) is 24.1 Å². The summed E-state index contributed by atoms with van der Waals surface area (Å²) in [6.45, 7) is 1.48. The van der Waals surface area contributed by atoms with E-state index in [2.05, 4.69) is 5.10 Å². The van der Waals surface area contributed by atoms with Crippen LogP contribution in [0.5, 0.6) is 0 Å². The number of aliphatic hydroxyl groups is 1. The van der Waals surface area contributed by atoms with Crippen molar-refractivity contribution in [3.8, 4) is 5.69 Å². The van der Waals surface area contributed by atoms with Crippen molar-refractivity contribution in [2.75, 3.05) is 31.7 Å². The number of piperidine rings is 1. The second kappa shape index (κ2) is 7.88. The Morgan fingerprint density at radius 1 is 1.38 bits per heavy atom. The van der Waals surface area contributed by atoms with Gasteiger partial charge in [0.1, 0.15) is 5.02 Å². The molecule has 0 bridgehead atoms. The van der Waals surface area contributed by atoms with Gasteiger partial charge in [-0.25, -0.2) is 4.79 Å². The van der Waals surface area contributed by atoms with Crippen molar-refractivity contribution in [1.29, 1.82) is 0 Å². The minimum atomic E-state index is -0.559. The van der Waals surface area contributed by atoms with Gasteiger partial charge in [-0.1, -0.05) is 23.7 Å². The minimum Gasteiger partial charge on any atom is -0.465 e. The molecule has 8 heteroatoms. The van der Waals surface area contributed by atoms with Gasteiger partial charge in [0.15, 0.2) is 0 Å². The van der Waals surface area contributed by atoms with Gasteiger partial charge in [0.2, 0.25) is 0 Å². The molecule has 138 valence electrons. The molecule has 26 heavy (non-hydrogen) atoms. The van der Waals surface area contributed by atoms with Crippen LogP contribution in [-0.2, 0) is 4.74 Å². The lowest BCUT2D eigenvalue weighted by Crippen LogP contribution is -2.38. The van der Waals surface area contributed by atoms with Gasteiger partial charge in [-0.2, -0.15) is 9.78 Å². The summed E-state index contributed by atoms with van der Waals surface area (Å²) in [5, 5.41) is 13.7. The van der Waals surface area contributed by atoms with Gasteiger partial charge in [-0.3, -0.25) is 4.79 Å². The summed E-state index contributed by atoms with van der Waals surface area (Å²) >= 11 is 6.34. The number of halogens is 1. The van der Waals surface area contributed by atoms with Crippen LogP contribution in [0.25, 0.3) is 5.69 Å². The Morgan fingerprint density at radius 2 is 2.15 bits per heavy atom. The molecule has 0 spiro atoms. The molecule has 0 radical (unpaired) electrons. The van der Waals surface area contributed by atoms with E-state index < -0.39 is 11.5 Å². The van der Waals surface area contributed by atoms with Crippen molar-refractivity contribution in [3.63, 3.8) is 0 Å². The third kappa shape index (κ3) is 3.45.